The Balaban J connectivity index is 1.94. The lowest BCUT2D eigenvalue weighted by Gasteiger charge is -2.11. The number of likely N-dealkylation sites (N-methyl/N-ethyl adjacent to an activating group) is 1. The van der Waals surface area contributed by atoms with Gasteiger partial charge in [-0.3, -0.25) is 0 Å². The van der Waals surface area contributed by atoms with Crippen molar-refractivity contribution in [2.75, 3.05) is 7.05 Å². The van der Waals surface area contributed by atoms with E-state index in [1.807, 2.05) is 19.2 Å². The van der Waals surface area contributed by atoms with E-state index in [9.17, 15) is 4.39 Å². The van der Waals surface area contributed by atoms with Gasteiger partial charge in [0.25, 0.3) is 0 Å². The lowest BCUT2D eigenvalue weighted by molar-refractivity contribution is 0.305. The molecule has 0 radical (unpaired) electrons. The third-order valence-corrected chi connectivity index (χ3v) is 4.11. The van der Waals surface area contributed by atoms with Gasteiger partial charge < -0.3 is 10.1 Å². The number of nitrogens with one attached hydrogen (secondary N) is 1. The van der Waals surface area contributed by atoms with Crippen LogP contribution in [0.2, 0.25) is 0 Å². The lowest BCUT2D eigenvalue weighted by Crippen LogP contribution is -2.23. The van der Waals surface area contributed by atoms with Crippen LogP contribution in [0.4, 0.5) is 4.39 Å². The van der Waals surface area contributed by atoms with Gasteiger partial charge in [0.05, 0.1) is 0 Å². The molecule has 1 atom stereocenters. The molecule has 0 aliphatic rings. The maximum Gasteiger partial charge on any atom is 0.124 e. The largest absolute Gasteiger partial charge is 0.489 e. The molecule has 0 saturated heterocycles. The van der Waals surface area contributed by atoms with Crippen LogP contribution in [-0.4, -0.2) is 13.1 Å². The third kappa shape index (κ3) is 4.83. The van der Waals surface area contributed by atoms with Crippen LogP contribution < -0.4 is 10.1 Å². The fourth-order valence-electron chi connectivity index (χ4n) is 1.98. The Bertz CT molecular complexity index is 586. The predicted octanol–water partition coefficient (Wildman–Crippen LogP) is 4.32. The van der Waals surface area contributed by atoms with E-state index < -0.39 is 0 Å². The second-order valence-corrected chi connectivity index (χ2v) is 5.92. The Morgan fingerprint density at radius 2 is 1.90 bits per heavy atom. The SMILES string of the molecule is CNC(C)Cc1ccc(OCc2ccc(F)cc2Br)cc1. The average molecular weight is 352 g/mol. The number of hydrogen-bond acceptors (Lipinski definition) is 2. The van der Waals surface area contributed by atoms with Gasteiger partial charge in [-0.25, -0.2) is 4.39 Å². The van der Waals surface area contributed by atoms with Crippen molar-refractivity contribution in [3.63, 3.8) is 0 Å². The number of halogens is 2. The van der Waals surface area contributed by atoms with Gasteiger partial charge in [0.2, 0.25) is 0 Å². The summed E-state index contributed by atoms with van der Waals surface area (Å²) in [7, 11) is 1.96. The number of rotatable bonds is 6. The van der Waals surface area contributed by atoms with E-state index in [0.717, 1.165) is 22.2 Å². The van der Waals surface area contributed by atoms with Crippen LogP contribution in [-0.2, 0) is 13.0 Å². The molecule has 0 aliphatic heterocycles. The zero-order valence-electron chi connectivity index (χ0n) is 12.2. The number of benzene rings is 2. The van der Waals surface area contributed by atoms with Gasteiger partial charge in [-0.05, 0) is 50.2 Å². The standard InChI is InChI=1S/C17H19BrFNO/c1-12(20-2)9-13-3-7-16(8-4-13)21-11-14-5-6-15(19)10-17(14)18/h3-8,10,12,20H,9,11H2,1-2H3. The van der Waals surface area contributed by atoms with Gasteiger partial charge in [0.1, 0.15) is 18.2 Å². The molecule has 0 saturated carbocycles. The van der Waals surface area contributed by atoms with Gasteiger partial charge in [0.15, 0.2) is 0 Å². The maximum absolute atomic E-state index is 13.0. The van der Waals surface area contributed by atoms with Crippen molar-refractivity contribution in [3.8, 4) is 5.75 Å². The zero-order chi connectivity index (χ0) is 15.2. The van der Waals surface area contributed by atoms with Crippen molar-refractivity contribution in [1.29, 1.82) is 0 Å². The van der Waals surface area contributed by atoms with Crippen molar-refractivity contribution in [1.82, 2.24) is 5.32 Å². The van der Waals surface area contributed by atoms with Crippen LogP contribution in [0.3, 0.4) is 0 Å². The Morgan fingerprint density at radius 3 is 2.52 bits per heavy atom. The minimum Gasteiger partial charge on any atom is -0.489 e. The highest BCUT2D eigenvalue weighted by Gasteiger charge is 2.04. The topological polar surface area (TPSA) is 21.3 Å². The second kappa shape index (κ2) is 7.57. The molecule has 1 unspecified atom stereocenters. The summed E-state index contributed by atoms with van der Waals surface area (Å²) in [6.07, 6.45) is 0.986. The van der Waals surface area contributed by atoms with Crippen molar-refractivity contribution in [3.05, 3.63) is 63.9 Å². The highest BCUT2D eigenvalue weighted by molar-refractivity contribution is 9.10. The summed E-state index contributed by atoms with van der Waals surface area (Å²) in [6, 6.07) is 13.1. The highest BCUT2D eigenvalue weighted by atomic mass is 79.9. The summed E-state index contributed by atoms with van der Waals surface area (Å²) in [5.41, 5.74) is 2.19. The van der Waals surface area contributed by atoms with Gasteiger partial charge in [-0.1, -0.05) is 34.1 Å². The Kier molecular flexibility index (Phi) is 5.76. The third-order valence-electron chi connectivity index (χ3n) is 3.37. The quantitative estimate of drug-likeness (QED) is 0.836. The highest BCUT2D eigenvalue weighted by Crippen LogP contribution is 2.21. The number of hydrogen-bond donors (Lipinski definition) is 1. The first-order chi connectivity index (χ1) is 10.1. The van der Waals surface area contributed by atoms with Gasteiger partial charge in [-0.2, -0.15) is 0 Å². The Hall–Kier alpha value is -1.39. The first-order valence-electron chi connectivity index (χ1n) is 6.91. The van der Waals surface area contributed by atoms with E-state index in [2.05, 4.69) is 40.3 Å². The monoisotopic (exact) mass is 351 g/mol. The molecule has 2 nitrogen and oxygen atoms in total. The van der Waals surface area contributed by atoms with Gasteiger partial charge >= 0.3 is 0 Å². The van der Waals surface area contributed by atoms with E-state index in [4.69, 9.17) is 4.74 Å². The van der Waals surface area contributed by atoms with Crippen LogP contribution in [0.15, 0.2) is 46.9 Å². The van der Waals surface area contributed by atoms with Crippen molar-refractivity contribution in [2.24, 2.45) is 0 Å². The smallest absolute Gasteiger partial charge is 0.124 e. The Labute approximate surface area is 133 Å². The van der Waals surface area contributed by atoms with Crippen molar-refractivity contribution >= 4 is 15.9 Å². The lowest BCUT2D eigenvalue weighted by atomic mass is 10.1. The molecule has 112 valence electrons. The fourth-order valence-corrected chi connectivity index (χ4v) is 2.44. The summed E-state index contributed by atoms with van der Waals surface area (Å²) in [5.74, 6) is 0.556. The minimum atomic E-state index is -0.256. The summed E-state index contributed by atoms with van der Waals surface area (Å²) in [5, 5.41) is 3.22. The van der Waals surface area contributed by atoms with E-state index in [1.165, 1.54) is 17.7 Å². The van der Waals surface area contributed by atoms with Crippen LogP contribution in [0, 0.1) is 5.82 Å². The fraction of sp³-hybridized carbons (Fsp3) is 0.294. The molecule has 0 fully saturated rings. The first kappa shape index (κ1) is 16.0. The van der Waals surface area contributed by atoms with E-state index >= 15 is 0 Å². The average Bonchev–Trinajstić information content (AvgIpc) is 2.48. The minimum absolute atomic E-state index is 0.256. The summed E-state index contributed by atoms with van der Waals surface area (Å²) in [4.78, 5) is 0. The Morgan fingerprint density at radius 1 is 1.19 bits per heavy atom. The van der Waals surface area contributed by atoms with Crippen LogP contribution in [0.1, 0.15) is 18.1 Å². The molecular weight excluding hydrogens is 333 g/mol. The predicted molar refractivity (Wildman–Crippen MR) is 87.1 cm³/mol. The molecule has 21 heavy (non-hydrogen) atoms. The van der Waals surface area contributed by atoms with Gasteiger partial charge in [0, 0.05) is 16.1 Å². The van der Waals surface area contributed by atoms with Crippen LogP contribution >= 0.6 is 15.9 Å². The molecule has 1 N–H and O–H groups in total. The van der Waals surface area contributed by atoms with Crippen LogP contribution in [0.25, 0.3) is 0 Å². The second-order valence-electron chi connectivity index (χ2n) is 5.06. The number of ether oxygens (including phenoxy) is 1. The molecule has 0 aromatic heterocycles. The summed E-state index contributed by atoms with van der Waals surface area (Å²) in [6.45, 7) is 2.56. The van der Waals surface area contributed by atoms with Crippen molar-refractivity contribution < 1.29 is 9.13 Å². The molecule has 0 bridgehead atoms. The van der Waals surface area contributed by atoms with E-state index in [0.29, 0.717) is 12.6 Å². The maximum atomic E-state index is 13.0. The molecule has 0 amide bonds. The molecule has 0 heterocycles. The summed E-state index contributed by atoms with van der Waals surface area (Å²) >= 11 is 3.34. The van der Waals surface area contributed by atoms with E-state index in [-0.39, 0.29) is 5.82 Å². The molecule has 2 aromatic carbocycles. The zero-order valence-corrected chi connectivity index (χ0v) is 13.8. The molecule has 0 aliphatic carbocycles. The van der Waals surface area contributed by atoms with Crippen molar-refractivity contribution in [2.45, 2.75) is 26.0 Å². The first-order valence-corrected chi connectivity index (χ1v) is 7.70. The molecular formula is C17H19BrFNO. The molecule has 2 aromatic rings. The van der Waals surface area contributed by atoms with Crippen LogP contribution in [0.5, 0.6) is 5.75 Å². The van der Waals surface area contributed by atoms with Gasteiger partial charge in [-0.15, -0.1) is 0 Å². The normalized spacial score (nSPS) is 12.2. The summed E-state index contributed by atoms with van der Waals surface area (Å²) < 4.78 is 19.5. The molecule has 2 rings (SSSR count). The molecule has 4 heteroatoms. The molecule has 0 spiro atoms. The van der Waals surface area contributed by atoms with E-state index in [1.54, 1.807) is 6.07 Å².